The molecule has 8 heteroatoms. The largest absolute Gasteiger partial charge is 0.491 e. The highest BCUT2D eigenvalue weighted by Crippen LogP contribution is 2.47. The van der Waals surface area contributed by atoms with E-state index >= 15 is 0 Å². The SMILES string of the molecule is Cc1cc(OCC2(O)CCS(=O)(=O)CC2)cc2c1-c1cc(COc3ccc([C@H]4C[C@@H]4C(=O)O)cc3)ccc1CCC2. The summed E-state index contributed by atoms with van der Waals surface area (Å²) < 4.78 is 35.7. The second-order valence-electron chi connectivity index (χ2n) is 11.9. The lowest BCUT2D eigenvalue weighted by Crippen LogP contribution is -2.43. The molecular formula is C33H36O7S. The number of fused-ring (bicyclic) bond motifs is 3. The molecule has 216 valence electrons. The third-order valence-electron chi connectivity index (χ3n) is 8.81. The van der Waals surface area contributed by atoms with E-state index in [0.29, 0.717) is 18.8 Å². The molecular weight excluding hydrogens is 540 g/mol. The molecule has 3 aromatic carbocycles. The lowest BCUT2D eigenvalue weighted by molar-refractivity contribution is -0.138. The van der Waals surface area contributed by atoms with Gasteiger partial charge in [-0.3, -0.25) is 4.79 Å². The van der Waals surface area contributed by atoms with Gasteiger partial charge in [0, 0.05) is 0 Å². The molecule has 7 nitrogen and oxygen atoms in total. The molecule has 0 aromatic heterocycles. The van der Waals surface area contributed by atoms with Crippen molar-refractivity contribution in [1.82, 2.24) is 0 Å². The molecule has 0 unspecified atom stereocenters. The molecule has 0 spiro atoms. The van der Waals surface area contributed by atoms with Crippen molar-refractivity contribution in [2.24, 2.45) is 5.92 Å². The number of carbonyl (C=O) groups is 1. The maximum absolute atomic E-state index is 11.8. The van der Waals surface area contributed by atoms with Gasteiger partial charge in [-0.25, -0.2) is 8.42 Å². The normalized spacial score (nSPS) is 22.1. The van der Waals surface area contributed by atoms with E-state index in [0.717, 1.165) is 41.7 Å². The quantitative estimate of drug-likeness (QED) is 0.378. The minimum absolute atomic E-state index is 0.00209. The Bertz CT molecular complexity index is 1560. The average Bonchev–Trinajstić information content (AvgIpc) is 3.77. The Balaban J connectivity index is 1.15. The summed E-state index contributed by atoms with van der Waals surface area (Å²) in [7, 11) is -3.06. The summed E-state index contributed by atoms with van der Waals surface area (Å²) in [5.41, 5.74) is 7.06. The van der Waals surface area contributed by atoms with Gasteiger partial charge in [0.1, 0.15) is 30.3 Å². The molecule has 6 rings (SSSR count). The number of rotatable bonds is 8. The number of carboxylic acids is 1. The van der Waals surface area contributed by atoms with E-state index in [-0.39, 0.29) is 42.8 Å². The fourth-order valence-electron chi connectivity index (χ4n) is 6.22. The van der Waals surface area contributed by atoms with Crippen LogP contribution < -0.4 is 9.47 Å². The second kappa shape index (κ2) is 10.8. The Morgan fingerprint density at radius 2 is 1.68 bits per heavy atom. The maximum Gasteiger partial charge on any atom is 0.307 e. The fourth-order valence-corrected chi connectivity index (χ4v) is 7.80. The standard InChI is InChI=1S/C33H36O7S/c1-21-15-27(40-20-33(36)11-13-41(37,38)14-12-33)17-25-4-2-3-23-6-5-22(16-29(23)31(21)25)19-39-26-9-7-24(8-10-26)28-18-30(28)32(34)35/h5-10,15-17,28,30,36H,2-4,11-14,18-20H2,1H3,(H,34,35)/t28-,30+/m1/s1. The topological polar surface area (TPSA) is 110 Å². The third kappa shape index (κ3) is 6.14. The predicted molar refractivity (Wildman–Crippen MR) is 156 cm³/mol. The van der Waals surface area contributed by atoms with E-state index in [1.807, 2.05) is 30.3 Å². The van der Waals surface area contributed by atoms with Gasteiger partial charge in [0.05, 0.1) is 17.4 Å². The minimum Gasteiger partial charge on any atom is -0.491 e. The van der Waals surface area contributed by atoms with Gasteiger partial charge in [0.15, 0.2) is 9.84 Å². The number of aryl methyl sites for hydroxylation is 3. The lowest BCUT2D eigenvalue weighted by Gasteiger charge is -2.31. The van der Waals surface area contributed by atoms with Crippen molar-refractivity contribution in [2.45, 2.75) is 63.6 Å². The molecule has 2 fully saturated rings. The summed E-state index contributed by atoms with van der Waals surface area (Å²) >= 11 is 0. The van der Waals surface area contributed by atoms with E-state index in [1.54, 1.807) is 0 Å². The molecule has 41 heavy (non-hydrogen) atoms. The van der Waals surface area contributed by atoms with Crippen LogP contribution in [0.5, 0.6) is 11.5 Å². The van der Waals surface area contributed by atoms with Crippen LogP contribution in [0.4, 0.5) is 0 Å². The molecule has 1 aliphatic heterocycles. The van der Waals surface area contributed by atoms with Crippen LogP contribution in [0.1, 0.15) is 59.4 Å². The molecule has 2 N–H and O–H groups in total. The van der Waals surface area contributed by atoms with Gasteiger partial charge in [-0.15, -0.1) is 0 Å². The summed E-state index contributed by atoms with van der Waals surface area (Å²) in [6.07, 6.45) is 4.03. The Labute approximate surface area is 241 Å². The van der Waals surface area contributed by atoms with Gasteiger partial charge in [0.2, 0.25) is 0 Å². The Morgan fingerprint density at radius 3 is 2.39 bits per heavy atom. The predicted octanol–water partition coefficient (Wildman–Crippen LogP) is 5.24. The first-order valence-corrected chi connectivity index (χ1v) is 16.2. The van der Waals surface area contributed by atoms with Crippen LogP contribution in [0.15, 0.2) is 54.6 Å². The number of carboxylic acid groups (broad SMARTS) is 1. The number of ether oxygens (including phenoxy) is 2. The van der Waals surface area contributed by atoms with Crippen molar-refractivity contribution >= 4 is 15.8 Å². The van der Waals surface area contributed by atoms with E-state index < -0.39 is 21.4 Å². The number of hydrogen-bond acceptors (Lipinski definition) is 6. The van der Waals surface area contributed by atoms with E-state index in [2.05, 4.69) is 31.2 Å². The van der Waals surface area contributed by atoms with Gasteiger partial charge in [-0.2, -0.15) is 0 Å². The molecule has 1 heterocycles. The number of aliphatic hydroxyl groups is 1. The minimum atomic E-state index is -3.06. The van der Waals surface area contributed by atoms with Crippen molar-refractivity contribution in [2.75, 3.05) is 18.1 Å². The van der Waals surface area contributed by atoms with E-state index in [9.17, 15) is 23.4 Å². The van der Waals surface area contributed by atoms with Gasteiger partial charge in [-0.1, -0.05) is 24.3 Å². The molecule has 1 saturated heterocycles. The maximum atomic E-state index is 11.8. The smallest absolute Gasteiger partial charge is 0.307 e. The molecule has 1 saturated carbocycles. The zero-order chi connectivity index (χ0) is 28.8. The molecule has 3 aliphatic rings. The summed E-state index contributed by atoms with van der Waals surface area (Å²) in [4.78, 5) is 11.2. The van der Waals surface area contributed by atoms with Crippen LogP contribution in [-0.4, -0.2) is 48.3 Å². The van der Waals surface area contributed by atoms with Crippen LogP contribution in [0.2, 0.25) is 0 Å². The van der Waals surface area contributed by atoms with Crippen molar-refractivity contribution in [3.8, 4) is 22.6 Å². The molecule has 2 aliphatic carbocycles. The zero-order valence-electron chi connectivity index (χ0n) is 23.3. The van der Waals surface area contributed by atoms with Crippen molar-refractivity contribution in [3.05, 3.63) is 82.4 Å². The van der Waals surface area contributed by atoms with Crippen LogP contribution in [-0.2, 0) is 34.1 Å². The van der Waals surface area contributed by atoms with Crippen LogP contribution >= 0.6 is 0 Å². The van der Waals surface area contributed by atoms with Crippen molar-refractivity contribution in [3.63, 3.8) is 0 Å². The Hall–Kier alpha value is -3.36. The van der Waals surface area contributed by atoms with Crippen molar-refractivity contribution in [1.29, 1.82) is 0 Å². The molecule has 3 aromatic rings. The summed E-state index contributed by atoms with van der Waals surface area (Å²) in [6, 6.07) is 18.4. The fraction of sp³-hybridized carbons (Fsp3) is 0.424. The van der Waals surface area contributed by atoms with Gasteiger partial charge >= 0.3 is 5.97 Å². The second-order valence-corrected chi connectivity index (χ2v) is 14.2. The molecule has 2 atom stereocenters. The molecule has 0 amide bonds. The first-order chi connectivity index (χ1) is 19.6. The third-order valence-corrected chi connectivity index (χ3v) is 10.5. The monoisotopic (exact) mass is 576 g/mol. The van der Waals surface area contributed by atoms with E-state index in [4.69, 9.17) is 9.47 Å². The summed E-state index contributed by atoms with van der Waals surface area (Å²) in [5.74, 6) is 0.574. The van der Waals surface area contributed by atoms with Crippen LogP contribution in [0, 0.1) is 12.8 Å². The first-order valence-electron chi connectivity index (χ1n) is 14.4. The summed E-state index contributed by atoms with van der Waals surface area (Å²) in [5, 5.41) is 20.0. The Kier molecular flexibility index (Phi) is 7.32. The van der Waals surface area contributed by atoms with Gasteiger partial charge < -0.3 is 19.7 Å². The number of sulfone groups is 1. The van der Waals surface area contributed by atoms with E-state index in [1.165, 1.54) is 22.3 Å². The number of hydrogen-bond donors (Lipinski definition) is 2. The molecule has 0 radical (unpaired) electrons. The number of aliphatic carboxylic acids is 1. The lowest BCUT2D eigenvalue weighted by atomic mass is 9.91. The van der Waals surface area contributed by atoms with Gasteiger partial charge in [0.25, 0.3) is 0 Å². The summed E-state index contributed by atoms with van der Waals surface area (Å²) in [6.45, 7) is 2.60. The molecule has 0 bridgehead atoms. The highest BCUT2D eigenvalue weighted by Gasteiger charge is 2.44. The Morgan fingerprint density at radius 1 is 0.951 bits per heavy atom. The highest BCUT2D eigenvalue weighted by atomic mass is 32.2. The van der Waals surface area contributed by atoms with Gasteiger partial charge in [-0.05, 0) is 121 Å². The number of benzene rings is 3. The van der Waals surface area contributed by atoms with Crippen LogP contribution in [0.3, 0.4) is 0 Å². The average molecular weight is 577 g/mol. The highest BCUT2D eigenvalue weighted by molar-refractivity contribution is 7.91. The zero-order valence-corrected chi connectivity index (χ0v) is 24.1. The van der Waals surface area contributed by atoms with Crippen LogP contribution in [0.25, 0.3) is 11.1 Å². The van der Waals surface area contributed by atoms with Crippen molar-refractivity contribution < 1.29 is 32.9 Å². The first kappa shape index (κ1) is 27.8.